The number of carbonyl (C=O) groups is 2. The second-order valence-corrected chi connectivity index (χ2v) is 7.97. The summed E-state index contributed by atoms with van der Waals surface area (Å²) in [5, 5.41) is 7.55. The van der Waals surface area contributed by atoms with Crippen LogP contribution in [0, 0.1) is 13.8 Å². The zero-order chi connectivity index (χ0) is 25.1. The van der Waals surface area contributed by atoms with Crippen molar-refractivity contribution >= 4 is 40.3 Å². The molecule has 0 unspecified atom stereocenters. The third kappa shape index (κ3) is 5.33. The predicted molar refractivity (Wildman–Crippen MR) is 128 cm³/mol. The smallest absolute Gasteiger partial charge is 0.411 e. The van der Waals surface area contributed by atoms with Gasteiger partial charge in [0.15, 0.2) is 11.5 Å². The van der Waals surface area contributed by atoms with Crippen LogP contribution in [0.2, 0.25) is 5.02 Å². The maximum atomic E-state index is 12.8. The van der Waals surface area contributed by atoms with Crippen LogP contribution in [0.25, 0.3) is 16.8 Å². The van der Waals surface area contributed by atoms with E-state index in [4.69, 9.17) is 25.5 Å². The number of halogens is 1. The Bertz CT molecular complexity index is 1490. The summed E-state index contributed by atoms with van der Waals surface area (Å²) in [5.41, 5.74) is 1.93. The van der Waals surface area contributed by atoms with Gasteiger partial charge in [0.05, 0.1) is 17.3 Å². The van der Waals surface area contributed by atoms with Gasteiger partial charge >= 0.3 is 17.7 Å². The Hall–Kier alpha value is -4.18. The predicted octanol–water partition coefficient (Wildman–Crippen LogP) is 4.57. The van der Waals surface area contributed by atoms with Crippen molar-refractivity contribution in [1.82, 2.24) is 14.8 Å². The van der Waals surface area contributed by atoms with E-state index in [0.717, 1.165) is 11.4 Å². The summed E-state index contributed by atoms with van der Waals surface area (Å²) in [6.07, 6.45) is -0.633. The van der Waals surface area contributed by atoms with Crippen molar-refractivity contribution in [1.29, 1.82) is 0 Å². The van der Waals surface area contributed by atoms with Gasteiger partial charge in [-0.05, 0) is 51.1 Å². The van der Waals surface area contributed by atoms with Crippen LogP contribution in [0.15, 0.2) is 51.7 Å². The molecule has 4 rings (SSSR count). The molecule has 3 heterocycles. The zero-order valence-electron chi connectivity index (χ0n) is 19.1. The molecule has 180 valence electrons. The van der Waals surface area contributed by atoms with E-state index in [9.17, 15) is 14.4 Å². The average molecular weight is 497 g/mol. The number of ether oxygens (including phenoxy) is 2. The number of fused-ring (bicyclic) bond motifs is 1. The van der Waals surface area contributed by atoms with Gasteiger partial charge in [0.25, 0.3) is 0 Å². The molecule has 0 fully saturated rings. The molecule has 1 amide bonds. The van der Waals surface area contributed by atoms with Gasteiger partial charge in [0, 0.05) is 34.5 Å². The highest BCUT2D eigenvalue weighted by Gasteiger charge is 2.18. The SMILES string of the molecule is CCOC(=O)Nc1ccc2c(COC(=O)c3nc(-n4nc(C)cc4C)ccc3Cl)cc(=O)oc2c1. The van der Waals surface area contributed by atoms with Gasteiger partial charge in [0.1, 0.15) is 12.2 Å². The first-order valence-electron chi connectivity index (χ1n) is 10.6. The van der Waals surface area contributed by atoms with Gasteiger partial charge in [-0.15, -0.1) is 0 Å². The fraction of sp³-hybridized carbons (Fsp3) is 0.208. The van der Waals surface area contributed by atoms with Crippen LogP contribution in [0.4, 0.5) is 10.5 Å². The molecule has 0 aliphatic heterocycles. The van der Waals surface area contributed by atoms with Crippen molar-refractivity contribution in [3.05, 3.63) is 80.6 Å². The van der Waals surface area contributed by atoms with Gasteiger partial charge in [-0.2, -0.15) is 5.10 Å². The van der Waals surface area contributed by atoms with Crippen molar-refractivity contribution in [2.45, 2.75) is 27.4 Å². The molecule has 4 aromatic rings. The van der Waals surface area contributed by atoms with E-state index in [1.54, 1.807) is 35.9 Å². The maximum Gasteiger partial charge on any atom is 0.411 e. The molecule has 3 aromatic heterocycles. The lowest BCUT2D eigenvalue weighted by molar-refractivity contribution is 0.0467. The number of esters is 1. The molecule has 0 saturated carbocycles. The standard InChI is InChI=1S/C24H21ClN4O6/c1-4-33-24(32)26-16-5-6-17-15(10-21(30)35-19(17)11-16)12-34-23(31)22-18(25)7-8-20(27-22)29-14(3)9-13(2)28-29/h5-11H,4,12H2,1-3H3,(H,26,32). The third-order valence-electron chi connectivity index (χ3n) is 4.96. The number of aromatic nitrogens is 3. The van der Waals surface area contributed by atoms with E-state index in [1.807, 2.05) is 19.9 Å². The number of rotatable bonds is 6. The minimum atomic E-state index is -0.764. The first-order valence-corrected chi connectivity index (χ1v) is 11.0. The van der Waals surface area contributed by atoms with Crippen molar-refractivity contribution in [2.24, 2.45) is 0 Å². The molecule has 1 aromatic carbocycles. The van der Waals surface area contributed by atoms with Gasteiger partial charge in [-0.25, -0.2) is 24.0 Å². The molecule has 0 aliphatic carbocycles. The summed E-state index contributed by atoms with van der Waals surface area (Å²) in [4.78, 5) is 40.9. The highest BCUT2D eigenvalue weighted by atomic mass is 35.5. The number of nitrogens with zero attached hydrogens (tertiary/aromatic N) is 3. The number of amides is 1. The summed E-state index contributed by atoms with van der Waals surface area (Å²) in [6, 6.07) is 11.0. The van der Waals surface area contributed by atoms with Crippen LogP contribution in [0.5, 0.6) is 0 Å². The highest BCUT2D eigenvalue weighted by molar-refractivity contribution is 6.33. The molecule has 35 heavy (non-hydrogen) atoms. The van der Waals surface area contributed by atoms with Crippen LogP contribution in [0.3, 0.4) is 0 Å². The van der Waals surface area contributed by atoms with Crippen molar-refractivity contribution in [2.75, 3.05) is 11.9 Å². The average Bonchev–Trinajstić information content (AvgIpc) is 3.15. The number of nitrogens with one attached hydrogen (secondary N) is 1. The Morgan fingerprint density at radius 1 is 1.11 bits per heavy atom. The number of pyridine rings is 1. The quantitative estimate of drug-likeness (QED) is 0.304. The van der Waals surface area contributed by atoms with Crippen molar-refractivity contribution in [3.63, 3.8) is 0 Å². The Kier molecular flexibility index (Phi) is 6.83. The molecule has 0 bridgehead atoms. The van der Waals surface area contributed by atoms with Crippen LogP contribution >= 0.6 is 11.6 Å². The summed E-state index contributed by atoms with van der Waals surface area (Å²) >= 11 is 6.20. The fourth-order valence-corrected chi connectivity index (χ4v) is 3.66. The second kappa shape index (κ2) is 9.98. The Morgan fingerprint density at radius 3 is 2.63 bits per heavy atom. The summed E-state index contributed by atoms with van der Waals surface area (Å²) in [5.74, 6) is -0.347. The second-order valence-electron chi connectivity index (χ2n) is 7.56. The van der Waals surface area contributed by atoms with Crippen LogP contribution in [0.1, 0.15) is 34.4 Å². The lowest BCUT2D eigenvalue weighted by Gasteiger charge is -2.10. The molecular formula is C24H21ClN4O6. The number of hydrogen-bond donors (Lipinski definition) is 1. The van der Waals surface area contributed by atoms with E-state index in [1.165, 1.54) is 12.1 Å². The topological polar surface area (TPSA) is 126 Å². The number of aryl methyl sites for hydroxylation is 2. The van der Waals surface area contributed by atoms with Crippen molar-refractivity contribution in [3.8, 4) is 5.82 Å². The summed E-state index contributed by atoms with van der Waals surface area (Å²) in [7, 11) is 0. The minimum Gasteiger partial charge on any atom is -0.456 e. The monoisotopic (exact) mass is 496 g/mol. The van der Waals surface area contributed by atoms with Gasteiger partial charge in [-0.1, -0.05) is 11.6 Å². The summed E-state index contributed by atoms with van der Waals surface area (Å²) in [6.45, 7) is 5.39. The van der Waals surface area contributed by atoms with E-state index < -0.39 is 17.7 Å². The molecular weight excluding hydrogens is 476 g/mol. The molecule has 10 nitrogen and oxygen atoms in total. The molecule has 0 radical (unpaired) electrons. The van der Waals surface area contributed by atoms with E-state index in [2.05, 4.69) is 15.4 Å². The molecule has 0 aliphatic rings. The number of anilines is 1. The van der Waals surface area contributed by atoms with Gasteiger partial charge in [-0.3, -0.25) is 5.32 Å². The van der Waals surface area contributed by atoms with Gasteiger partial charge < -0.3 is 13.9 Å². The van der Waals surface area contributed by atoms with Crippen molar-refractivity contribution < 1.29 is 23.5 Å². The first-order chi connectivity index (χ1) is 16.7. The molecule has 1 N–H and O–H groups in total. The van der Waals surface area contributed by atoms with E-state index in [-0.39, 0.29) is 29.5 Å². The van der Waals surface area contributed by atoms with Gasteiger partial charge in [0.2, 0.25) is 0 Å². The van der Waals surface area contributed by atoms with E-state index in [0.29, 0.717) is 22.5 Å². The molecule has 11 heteroatoms. The molecule has 0 atom stereocenters. The maximum absolute atomic E-state index is 12.8. The number of benzene rings is 1. The minimum absolute atomic E-state index is 0.0788. The normalized spacial score (nSPS) is 10.9. The zero-order valence-corrected chi connectivity index (χ0v) is 19.9. The Labute approximate surface area is 204 Å². The summed E-state index contributed by atoms with van der Waals surface area (Å²) < 4.78 is 17.1. The number of hydrogen-bond acceptors (Lipinski definition) is 8. The molecule has 0 saturated heterocycles. The fourth-order valence-electron chi connectivity index (χ4n) is 3.48. The highest BCUT2D eigenvalue weighted by Crippen LogP contribution is 2.23. The molecule has 0 spiro atoms. The first kappa shape index (κ1) is 24.0. The Morgan fingerprint density at radius 2 is 1.91 bits per heavy atom. The van der Waals surface area contributed by atoms with E-state index >= 15 is 0 Å². The Balaban J connectivity index is 1.57. The lowest BCUT2D eigenvalue weighted by Crippen LogP contribution is -2.13. The largest absolute Gasteiger partial charge is 0.456 e. The van der Waals surface area contributed by atoms with Crippen LogP contribution in [-0.4, -0.2) is 33.4 Å². The van der Waals surface area contributed by atoms with Crippen LogP contribution in [-0.2, 0) is 16.1 Å². The number of carbonyl (C=O) groups excluding carboxylic acids is 2. The van der Waals surface area contributed by atoms with Crippen LogP contribution < -0.4 is 10.9 Å². The third-order valence-corrected chi connectivity index (χ3v) is 5.27. The lowest BCUT2D eigenvalue weighted by atomic mass is 10.1.